The molecule has 0 radical (unpaired) electrons. The van der Waals surface area contributed by atoms with E-state index in [0.29, 0.717) is 67.5 Å². The average molecular weight is 610 g/mol. The fourth-order valence-corrected chi connectivity index (χ4v) is 11.0. The molecule has 3 fully saturated rings. The van der Waals surface area contributed by atoms with Gasteiger partial charge in [-0.1, -0.05) is 33.6 Å². The number of amides is 2. The zero-order valence-corrected chi connectivity index (χ0v) is 26.4. The Hall–Kier alpha value is -3.21. The maximum atomic E-state index is 14.1. The molecule has 10 nitrogen and oxygen atoms in total. The number of sulfone groups is 1. The van der Waals surface area contributed by atoms with Crippen molar-refractivity contribution < 1.29 is 23.1 Å². The Morgan fingerprint density at radius 1 is 1.12 bits per heavy atom. The topological polar surface area (TPSA) is 133 Å². The molecule has 43 heavy (non-hydrogen) atoms. The number of carbonyl (C=O) groups is 2. The number of nitrogens with one attached hydrogen (secondary N) is 1. The van der Waals surface area contributed by atoms with Gasteiger partial charge in [-0.25, -0.2) is 18.2 Å². The van der Waals surface area contributed by atoms with Gasteiger partial charge in [-0.15, -0.1) is 0 Å². The lowest BCUT2D eigenvalue weighted by atomic mass is 9.48. The minimum Gasteiger partial charge on any atom is -0.465 e. The van der Waals surface area contributed by atoms with E-state index in [9.17, 15) is 23.1 Å². The van der Waals surface area contributed by atoms with Gasteiger partial charge in [-0.05, 0) is 86.0 Å². The first-order valence-corrected chi connectivity index (χ1v) is 17.1. The van der Waals surface area contributed by atoms with Crippen molar-refractivity contribution >= 4 is 39.3 Å². The normalized spacial score (nSPS) is 24.1. The van der Waals surface area contributed by atoms with Crippen LogP contribution in [-0.2, 0) is 21.1 Å². The fourth-order valence-electron chi connectivity index (χ4n) is 8.41. The molecule has 1 aromatic carbocycles. The first-order chi connectivity index (χ1) is 20.3. The van der Waals surface area contributed by atoms with E-state index in [4.69, 9.17) is 4.98 Å². The van der Waals surface area contributed by atoms with Gasteiger partial charge >= 0.3 is 6.09 Å². The zero-order valence-electron chi connectivity index (χ0n) is 25.6. The first-order valence-electron chi connectivity index (χ1n) is 15.6. The lowest BCUT2D eigenvalue weighted by Crippen LogP contribution is -2.63. The Bertz CT molecular complexity index is 1540. The molecule has 2 aromatic rings. The highest BCUT2D eigenvalue weighted by Gasteiger charge is 2.62. The van der Waals surface area contributed by atoms with Crippen molar-refractivity contribution in [2.24, 2.45) is 16.7 Å². The highest BCUT2D eigenvalue weighted by molar-refractivity contribution is 7.92. The Balaban J connectivity index is 1.22. The lowest BCUT2D eigenvalue weighted by molar-refractivity contribution is -0.119. The summed E-state index contributed by atoms with van der Waals surface area (Å²) in [6, 6.07) is 5.35. The third-order valence-electron chi connectivity index (χ3n) is 10.4. The highest BCUT2D eigenvalue weighted by atomic mass is 32.2. The molecule has 2 unspecified atom stereocenters. The number of hydrogen-bond acceptors (Lipinski definition) is 7. The van der Waals surface area contributed by atoms with Crippen molar-refractivity contribution in [3.63, 3.8) is 0 Å². The number of anilines is 3. The molecule has 0 bridgehead atoms. The van der Waals surface area contributed by atoms with Crippen LogP contribution in [0.2, 0.25) is 0 Å². The van der Waals surface area contributed by atoms with Gasteiger partial charge in [-0.2, -0.15) is 4.98 Å². The Labute approximate surface area is 254 Å². The minimum atomic E-state index is -3.62. The molecule has 2 N–H and O–H groups in total. The molecular formula is C32H43N5O5S. The predicted octanol–water partition coefficient (Wildman–Crippen LogP) is 5.72. The maximum absolute atomic E-state index is 14.1. The van der Waals surface area contributed by atoms with Gasteiger partial charge in [-0.3, -0.25) is 9.69 Å². The van der Waals surface area contributed by atoms with Crippen molar-refractivity contribution in [3.05, 3.63) is 35.5 Å². The van der Waals surface area contributed by atoms with Crippen molar-refractivity contribution in [1.29, 1.82) is 0 Å². The van der Waals surface area contributed by atoms with E-state index < -0.39 is 21.2 Å². The van der Waals surface area contributed by atoms with Crippen LogP contribution in [-0.4, -0.2) is 64.8 Å². The number of carboxylic acid groups (broad SMARTS) is 1. The van der Waals surface area contributed by atoms with E-state index in [1.165, 1.54) is 4.90 Å². The van der Waals surface area contributed by atoms with E-state index >= 15 is 0 Å². The van der Waals surface area contributed by atoms with Crippen LogP contribution >= 0.6 is 0 Å². The van der Waals surface area contributed by atoms with Gasteiger partial charge in [0.2, 0.25) is 11.9 Å². The molecule has 6 rings (SSSR count). The number of aromatic nitrogens is 2. The second kappa shape index (κ2) is 10.7. The van der Waals surface area contributed by atoms with Crippen LogP contribution in [0.3, 0.4) is 0 Å². The van der Waals surface area contributed by atoms with Crippen LogP contribution in [0.25, 0.3) is 0 Å². The molecule has 1 aromatic heterocycles. The molecule has 1 spiro atoms. The summed E-state index contributed by atoms with van der Waals surface area (Å²) >= 11 is 0. The molecule has 11 heteroatoms. The van der Waals surface area contributed by atoms with E-state index in [1.54, 1.807) is 24.4 Å². The molecule has 2 saturated carbocycles. The van der Waals surface area contributed by atoms with Crippen LogP contribution in [0.5, 0.6) is 0 Å². The van der Waals surface area contributed by atoms with E-state index in [1.807, 2.05) is 11.8 Å². The number of carbonyl (C=O) groups excluding carboxylic acids is 1. The molecule has 2 aliphatic carbocycles. The summed E-state index contributed by atoms with van der Waals surface area (Å²) in [4.78, 5) is 37.3. The first kappa shape index (κ1) is 29.8. The maximum Gasteiger partial charge on any atom is 0.407 e. The number of hydrogen-bond donors (Lipinski definition) is 2. The number of benzene rings is 1. The minimum absolute atomic E-state index is 0.0616. The Morgan fingerprint density at radius 3 is 2.44 bits per heavy atom. The van der Waals surface area contributed by atoms with E-state index in [0.717, 1.165) is 36.8 Å². The predicted molar refractivity (Wildman–Crippen MR) is 164 cm³/mol. The van der Waals surface area contributed by atoms with Crippen LogP contribution < -0.4 is 10.2 Å². The largest absolute Gasteiger partial charge is 0.465 e. The molecule has 2 atom stereocenters. The summed E-state index contributed by atoms with van der Waals surface area (Å²) in [6.45, 7) is 9.07. The summed E-state index contributed by atoms with van der Waals surface area (Å²) in [7, 11) is -3.62. The molecular weight excluding hydrogens is 566 g/mol. The average Bonchev–Trinajstić information content (AvgIpc) is 3.46. The van der Waals surface area contributed by atoms with Crippen molar-refractivity contribution in [1.82, 2.24) is 14.9 Å². The SMILES string of the molecule is Cc1cc(S(=O)(=O)C2CC3(CCN(C(=O)O)CC3)C2C(C)(C)C)ccc1Nc1ncc2c(n1)N(C1CCCC1)C(=O)CC2. The third kappa shape index (κ3) is 5.27. The quantitative estimate of drug-likeness (QED) is 0.440. The highest BCUT2D eigenvalue weighted by Crippen LogP contribution is 2.62. The summed E-state index contributed by atoms with van der Waals surface area (Å²) < 4.78 is 28.1. The van der Waals surface area contributed by atoms with Gasteiger partial charge in [0.1, 0.15) is 5.82 Å². The number of nitrogens with zero attached hydrogens (tertiary/aromatic N) is 4. The monoisotopic (exact) mass is 609 g/mol. The standard InChI is InChI=1S/C32H43N5O5S/c1-20-17-23(43(41,42)25-18-32(27(25)31(2,3)4)13-15-36(16-14-32)30(39)40)10-11-24(20)34-29-33-19-21-9-12-26(38)37(28(21)35-29)22-7-5-6-8-22/h10-11,17,19,22,25,27H,5-9,12-16,18H2,1-4H3,(H,39,40)(H,33,34,35). The van der Waals surface area contributed by atoms with Gasteiger partial charge in [0.05, 0.1) is 10.1 Å². The van der Waals surface area contributed by atoms with Gasteiger partial charge in [0.25, 0.3) is 0 Å². The number of aryl methyl sites for hydroxylation is 2. The Kier molecular flexibility index (Phi) is 7.46. The molecule has 2 amide bonds. The fraction of sp³-hybridized carbons (Fsp3) is 0.625. The smallest absolute Gasteiger partial charge is 0.407 e. The van der Waals surface area contributed by atoms with E-state index in [2.05, 4.69) is 31.1 Å². The number of rotatable bonds is 5. The van der Waals surface area contributed by atoms with Crippen LogP contribution in [0, 0.1) is 23.7 Å². The molecule has 232 valence electrons. The van der Waals surface area contributed by atoms with Crippen molar-refractivity contribution in [2.45, 2.75) is 102 Å². The summed E-state index contributed by atoms with van der Waals surface area (Å²) in [5.74, 6) is 1.14. The van der Waals surface area contributed by atoms with Gasteiger partial charge < -0.3 is 15.3 Å². The molecule has 4 aliphatic rings. The molecule has 3 heterocycles. The van der Waals surface area contributed by atoms with Crippen LogP contribution in [0.15, 0.2) is 29.3 Å². The second-order valence-electron chi connectivity index (χ2n) is 14.1. The third-order valence-corrected chi connectivity index (χ3v) is 12.6. The van der Waals surface area contributed by atoms with E-state index in [-0.39, 0.29) is 28.7 Å². The second-order valence-corrected chi connectivity index (χ2v) is 16.3. The summed E-state index contributed by atoms with van der Waals surface area (Å²) in [5, 5.41) is 12.2. The number of piperidine rings is 1. The Morgan fingerprint density at radius 2 is 1.81 bits per heavy atom. The van der Waals surface area contributed by atoms with Crippen LogP contribution in [0.1, 0.15) is 83.3 Å². The summed E-state index contributed by atoms with van der Waals surface area (Å²) in [6.07, 6.45) is 8.18. The van der Waals surface area contributed by atoms with Crippen molar-refractivity contribution in [2.75, 3.05) is 23.3 Å². The zero-order chi connectivity index (χ0) is 30.7. The lowest BCUT2D eigenvalue weighted by Gasteiger charge is -2.62. The summed E-state index contributed by atoms with van der Waals surface area (Å²) in [5.41, 5.74) is 2.07. The number of likely N-dealkylation sites (tertiary alicyclic amines) is 1. The van der Waals surface area contributed by atoms with Gasteiger partial charge in [0, 0.05) is 43.0 Å². The van der Waals surface area contributed by atoms with Gasteiger partial charge in [0.15, 0.2) is 9.84 Å². The van der Waals surface area contributed by atoms with Crippen LogP contribution in [0.4, 0.5) is 22.2 Å². The van der Waals surface area contributed by atoms with Crippen molar-refractivity contribution in [3.8, 4) is 0 Å². The molecule has 1 saturated heterocycles. The number of fused-ring (bicyclic) bond motifs is 1. The molecule has 2 aliphatic heterocycles.